The monoisotopic (exact) mass is 616 g/mol. The van der Waals surface area contributed by atoms with Gasteiger partial charge in [0.25, 0.3) is 0 Å². The van der Waals surface area contributed by atoms with Crippen LogP contribution in [0.15, 0.2) is 54.6 Å². The highest BCUT2D eigenvalue weighted by molar-refractivity contribution is 5.87. The first-order valence-electron chi connectivity index (χ1n) is 18.2. The average Bonchev–Trinajstić information content (AvgIpc) is 3.09. The first kappa shape index (κ1) is 35.4. The second-order valence-electron chi connectivity index (χ2n) is 14.1. The number of esters is 1. The van der Waals surface area contributed by atoms with Crippen molar-refractivity contribution in [2.75, 3.05) is 19.8 Å². The summed E-state index contributed by atoms with van der Waals surface area (Å²) < 4.78 is 5.21. The van der Waals surface area contributed by atoms with E-state index in [0.717, 1.165) is 31.6 Å². The van der Waals surface area contributed by atoms with Crippen molar-refractivity contribution in [1.82, 2.24) is 0 Å². The van der Waals surface area contributed by atoms with E-state index in [0.29, 0.717) is 24.2 Å². The maximum absolute atomic E-state index is 11.7. The largest absolute Gasteiger partial charge is 0.462 e. The third-order valence-corrected chi connectivity index (χ3v) is 11.1. The summed E-state index contributed by atoms with van der Waals surface area (Å²) >= 11 is 0. The second-order valence-corrected chi connectivity index (χ2v) is 14.1. The Bertz CT molecular complexity index is 1170. The number of aryl methyl sites for hydroxylation is 3. The van der Waals surface area contributed by atoms with Crippen molar-refractivity contribution in [3.63, 3.8) is 0 Å². The van der Waals surface area contributed by atoms with Gasteiger partial charge in [-0.25, -0.2) is 4.79 Å². The number of hydrogen-bond acceptors (Lipinski definition) is 4. The summed E-state index contributed by atoms with van der Waals surface area (Å²) in [6.45, 7) is 8.12. The van der Waals surface area contributed by atoms with Gasteiger partial charge >= 0.3 is 5.97 Å². The minimum absolute atomic E-state index is 0.0771. The van der Waals surface area contributed by atoms with E-state index < -0.39 is 5.97 Å². The SMILES string of the molecule is C=C(CO)C(=O)OCCC(CO)C1CCC(CCc2ccc(C3CCC(c4ccc(CCCCC)c(CC)c4)CC3)cc2)CC1. The highest BCUT2D eigenvalue weighted by Gasteiger charge is 2.28. The Labute approximate surface area is 273 Å². The molecular formula is C41H60O4. The van der Waals surface area contributed by atoms with Gasteiger partial charge in [-0.2, -0.15) is 0 Å². The molecule has 2 saturated carbocycles. The van der Waals surface area contributed by atoms with Crippen molar-refractivity contribution < 1.29 is 19.7 Å². The number of unbranched alkanes of at least 4 members (excludes halogenated alkanes) is 2. The maximum Gasteiger partial charge on any atom is 0.335 e. The van der Waals surface area contributed by atoms with Gasteiger partial charge in [0.05, 0.1) is 18.8 Å². The number of benzene rings is 2. The Morgan fingerprint density at radius 2 is 1.51 bits per heavy atom. The normalized spacial score (nSPS) is 22.6. The molecule has 0 radical (unpaired) electrons. The van der Waals surface area contributed by atoms with Gasteiger partial charge in [-0.3, -0.25) is 0 Å². The molecule has 2 aromatic rings. The van der Waals surface area contributed by atoms with Gasteiger partial charge in [-0.1, -0.05) is 88.6 Å². The van der Waals surface area contributed by atoms with Crippen molar-refractivity contribution in [2.45, 2.75) is 128 Å². The molecule has 248 valence electrons. The topological polar surface area (TPSA) is 66.8 Å². The fraction of sp³-hybridized carbons (Fsp3) is 0.634. The molecule has 4 nitrogen and oxygen atoms in total. The molecule has 2 aliphatic carbocycles. The smallest absolute Gasteiger partial charge is 0.335 e. The molecular weight excluding hydrogens is 556 g/mol. The quantitative estimate of drug-likeness (QED) is 0.106. The van der Waals surface area contributed by atoms with Gasteiger partial charge in [-0.15, -0.1) is 0 Å². The summed E-state index contributed by atoms with van der Waals surface area (Å²) in [5.74, 6) is 2.27. The van der Waals surface area contributed by atoms with Gasteiger partial charge in [0.2, 0.25) is 0 Å². The van der Waals surface area contributed by atoms with Crippen LogP contribution in [0.5, 0.6) is 0 Å². The Morgan fingerprint density at radius 1 is 0.844 bits per heavy atom. The standard InChI is InChI=1S/C41H60O4/c1-4-6-7-8-34-23-24-39(27-33(34)5-2)37-21-19-36(20-22-37)35-15-11-31(12-16-35)9-10-32-13-17-38(18-14-32)40(29-43)25-26-45-41(44)30(3)28-42/h11-12,15-16,23-24,27,32,36-38,40,42-43H,3-10,13-14,17-22,25-26,28-29H2,1-2H3. The number of rotatable bonds is 17. The van der Waals surface area contributed by atoms with Crippen LogP contribution >= 0.6 is 0 Å². The van der Waals surface area contributed by atoms with Gasteiger partial charge in [-0.05, 0) is 134 Å². The van der Waals surface area contributed by atoms with Crippen molar-refractivity contribution in [3.05, 3.63) is 82.4 Å². The molecule has 0 heterocycles. The van der Waals surface area contributed by atoms with E-state index in [1.165, 1.54) is 81.8 Å². The van der Waals surface area contributed by atoms with Crippen molar-refractivity contribution in [1.29, 1.82) is 0 Å². The summed E-state index contributed by atoms with van der Waals surface area (Å²) in [6.07, 6.45) is 19.2. The van der Waals surface area contributed by atoms with Crippen LogP contribution < -0.4 is 0 Å². The number of ether oxygens (including phenoxy) is 1. The fourth-order valence-corrected chi connectivity index (χ4v) is 8.02. The average molecular weight is 617 g/mol. The molecule has 2 N–H and O–H groups in total. The molecule has 45 heavy (non-hydrogen) atoms. The number of aliphatic hydroxyl groups excluding tert-OH is 2. The van der Waals surface area contributed by atoms with Crippen LogP contribution in [0.4, 0.5) is 0 Å². The van der Waals surface area contributed by atoms with Crippen LogP contribution in [0, 0.1) is 17.8 Å². The predicted octanol–water partition coefficient (Wildman–Crippen LogP) is 9.25. The van der Waals surface area contributed by atoms with E-state index in [1.54, 1.807) is 16.7 Å². The number of carbonyl (C=O) groups excluding carboxylic acids is 1. The van der Waals surface area contributed by atoms with Gasteiger partial charge in [0, 0.05) is 6.61 Å². The first-order chi connectivity index (χ1) is 21.9. The zero-order valence-electron chi connectivity index (χ0n) is 28.3. The lowest BCUT2D eigenvalue weighted by Crippen LogP contribution is -2.26. The summed E-state index contributed by atoms with van der Waals surface area (Å²) in [5.41, 5.74) is 7.79. The van der Waals surface area contributed by atoms with E-state index in [1.807, 2.05) is 0 Å². The van der Waals surface area contributed by atoms with Crippen LogP contribution in [-0.4, -0.2) is 36.0 Å². The lowest BCUT2D eigenvalue weighted by Gasteiger charge is -2.33. The van der Waals surface area contributed by atoms with Crippen molar-refractivity contribution >= 4 is 5.97 Å². The molecule has 0 spiro atoms. The van der Waals surface area contributed by atoms with E-state index in [2.05, 4.69) is 62.9 Å². The van der Waals surface area contributed by atoms with Crippen LogP contribution in [0.25, 0.3) is 0 Å². The lowest BCUT2D eigenvalue weighted by atomic mass is 9.73. The highest BCUT2D eigenvalue weighted by Crippen LogP contribution is 2.41. The highest BCUT2D eigenvalue weighted by atomic mass is 16.5. The third kappa shape index (κ3) is 10.5. The Kier molecular flexibility index (Phi) is 14.7. The van der Waals surface area contributed by atoms with E-state index >= 15 is 0 Å². The molecule has 0 aliphatic heterocycles. The van der Waals surface area contributed by atoms with Crippen LogP contribution in [-0.2, 0) is 28.8 Å². The summed E-state index contributed by atoms with van der Waals surface area (Å²) in [6, 6.07) is 17.0. The van der Waals surface area contributed by atoms with Gasteiger partial charge < -0.3 is 14.9 Å². The van der Waals surface area contributed by atoms with Crippen LogP contribution in [0.1, 0.15) is 137 Å². The van der Waals surface area contributed by atoms with Crippen molar-refractivity contribution in [2.24, 2.45) is 17.8 Å². The fourth-order valence-electron chi connectivity index (χ4n) is 8.02. The number of hydrogen-bond donors (Lipinski definition) is 2. The maximum atomic E-state index is 11.7. The van der Waals surface area contributed by atoms with Crippen LogP contribution in [0.3, 0.4) is 0 Å². The molecule has 2 aromatic carbocycles. The first-order valence-corrected chi connectivity index (χ1v) is 18.2. The number of aliphatic hydroxyl groups is 2. The molecule has 0 aromatic heterocycles. The Hall–Kier alpha value is -2.43. The van der Waals surface area contributed by atoms with Gasteiger partial charge in [0.1, 0.15) is 0 Å². The molecule has 1 unspecified atom stereocenters. The Morgan fingerprint density at radius 3 is 2.13 bits per heavy atom. The molecule has 4 rings (SSSR count). The molecule has 0 amide bonds. The molecule has 4 heteroatoms. The minimum Gasteiger partial charge on any atom is -0.462 e. The molecule has 0 bridgehead atoms. The van der Waals surface area contributed by atoms with E-state index in [9.17, 15) is 9.90 Å². The third-order valence-electron chi connectivity index (χ3n) is 11.1. The summed E-state index contributed by atoms with van der Waals surface area (Å²) in [4.78, 5) is 11.7. The zero-order valence-corrected chi connectivity index (χ0v) is 28.3. The molecule has 2 aliphatic rings. The van der Waals surface area contributed by atoms with E-state index in [4.69, 9.17) is 9.84 Å². The molecule has 1 atom stereocenters. The summed E-state index contributed by atoms with van der Waals surface area (Å²) in [5, 5.41) is 19.0. The predicted molar refractivity (Wildman–Crippen MR) is 186 cm³/mol. The second kappa shape index (κ2) is 18.6. The Balaban J connectivity index is 1.17. The number of carbonyl (C=O) groups is 1. The zero-order chi connectivity index (χ0) is 32.0. The lowest BCUT2D eigenvalue weighted by molar-refractivity contribution is -0.140. The minimum atomic E-state index is -0.543. The summed E-state index contributed by atoms with van der Waals surface area (Å²) in [7, 11) is 0. The molecule has 2 fully saturated rings. The van der Waals surface area contributed by atoms with E-state index in [-0.39, 0.29) is 31.3 Å². The van der Waals surface area contributed by atoms with Crippen molar-refractivity contribution in [3.8, 4) is 0 Å². The van der Waals surface area contributed by atoms with Gasteiger partial charge in [0.15, 0.2) is 0 Å². The molecule has 0 saturated heterocycles. The van der Waals surface area contributed by atoms with Crippen LogP contribution in [0.2, 0.25) is 0 Å².